The summed E-state index contributed by atoms with van der Waals surface area (Å²) in [7, 11) is 0. The zero-order valence-corrected chi connectivity index (χ0v) is 11.8. The Hall–Kier alpha value is -1.90. The van der Waals surface area contributed by atoms with Crippen LogP contribution >= 0.6 is 11.6 Å². The van der Waals surface area contributed by atoms with Crippen LogP contribution in [0.5, 0.6) is 0 Å². The highest BCUT2D eigenvalue weighted by molar-refractivity contribution is 6.31. The second-order valence-corrected chi connectivity index (χ2v) is 5.37. The molecule has 0 saturated carbocycles. The zero-order chi connectivity index (χ0) is 14.2. The van der Waals surface area contributed by atoms with Crippen LogP contribution < -0.4 is 0 Å². The Morgan fingerprint density at radius 1 is 0.950 bits per heavy atom. The van der Waals surface area contributed by atoms with E-state index in [4.69, 9.17) is 11.6 Å². The van der Waals surface area contributed by atoms with Gasteiger partial charge < -0.3 is 5.11 Å². The molecule has 0 aliphatic heterocycles. The average molecular weight is 284 g/mol. The Morgan fingerprint density at radius 3 is 2.45 bits per heavy atom. The molecule has 0 spiro atoms. The van der Waals surface area contributed by atoms with Crippen LogP contribution in [0.3, 0.4) is 0 Å². The Labute approximate surface area is 122 Å². The lowest BCUT2D eigenvalue weighted by atomic mass is 9.86. The summed E-state index contributed by atoms with van der Waals surface area (Å²) in [5, 5.41) is 13.5. The van der Waals surface area contributed by atoms with Gasteiger partial charge in [0, 0.05) is 33.9 Å². The lowest BCUT2D eigenvalue weighted by Crippen LogP contribution is -2.23. The van der Waals surface area contributed by atoms with Gasteiger partial charge in [-0.3, -0.25) is 4.98 Å². The first kappa shape index (κ1) is 13.1. The van der Waals surface area contributed by atoms with E-state index >= 15 is 0 Å². The molecule has 100 valence electrons. The fourth-order valence-corrected chi connectivity index (χ4v) is 2.83. The van der Waals surface area contributed by atoms with Crippen molar-refractivity contribution in [2.75, 3.05) is 0 Å². The Morgan fingerprint density at radius 2 is 1.65 bits per heavy atom. The summed E-state index contributed by atoms with van der Waals surface area (Å²) in [5.41, 5.74) is 0.246. The number of halogens is 1. The van der Waals surface area contributed by atoms with Gasteiger partial charge in [-0.2, -0.15) is 0 Å². The third kappa shape index (κ3) is 2.07. The summed E-state index contributed by atoms with van der Waals surface area (Å²) in [6, 6.07) is 15.2. The number of pyridine rings is 1. The highest BCUT2D eigenvalue weighted by Gasteiger charge is 2.29. The maximum absolute atomic E-state index is 11.0. The first-order chi connectivity index (χ1) is 9.60. The molecular formula is C17H14ClNO. The lowest BCUT2D eigenvalue weighted by molar-refractivity contribution is 0.104. The SMILES string of the molecule is CC(O)(c1ccccc1Cl)c1cncc2ccccc12. The van der Waals surface area contributed by atoms with Gasteiger partial charge in [0.15, 0.2) is 0 Å². The average Bonchev–Trinajstić information content (AvgIpc) is 2.47. The minimum atomic E-state index is -1.19. The Balaban J connectivity index is 2.27. The molecule has 1 atom stereocenters. The van der Waals surface area contributed by atoms with Crippen LogP contribution in [-0.4, -0.2) is 10.1 Å². The van der Waals surface area contributed by atoms with Gasteiger partial charge >= 0.3 is 0 Å². The Bertz CT molecular complexity index is 762. The largest absolute Gasteiger partial charge is 0.381 e. The van der Waals surface area contributed by atoms with E-state index < -0.39 is 5.60 Å². The summed E-state index contributed by atoms with van der Waals surface area (Å²) >= 11 is 6.23. The fraction of sp³-hybridized carbons (Fsp3) is 0.118. The van der Waals surface area contributed by atoms with Crippen molar-refractivity contribution in [1.82, 2.24) is 4.98 Å². The first-order valence-corrected chi connectivity index (χ1v) is 6.79. The molecule has 0 bridgehead atoms. The molecule has 0 aliphatic carbocycles. The van der Waals surface area contributed by atoms with Crippen molar-refractivity contribution in [3.05, 3.63) is 77.1 Å². The molecule has 1 unspecified atom stereocenters. The number of nitrogens with zero attached hydrogens (tertiary/aromatic N) is 1. The van der Waals surface area contributed by atoms with Gasteiger partial charge in [0.1, 0.15) is 5.60 Å². The fourth-order valence-electron chi connectivity index (χ4n) is 2.51. The van der Waals surface area contributed by atoms with Crippen LogP contribution in [0, 0.1) is 0 Å². The highest BCUT2D eigenvalue weighted by atomic mass is 35.5. The molecule has 20 heavy (non-hydrogen) atoms. The van der Waals surface area contributed by atoms with Crippen molar-refractivity contribution >= 4 is 22.4 Å². The third-order valence-corrected chi connectivity index (χ3v) is 3.92. The molecule has 3 heteroatoms. The van der Waals surface area contributed by atoms with Gasteiger partial charge in [0.05, 0.1) is 0 Å². The highest BCUT2D eigenvalue weighted by Crippen LogP contribution is 2.36. The van der Waals surface area contributed by atoms with Crippen LogP contribution in [0.4, 0.5) is 0 Å². The minimum Gasteiger partial charge on any atom is -0.381 e. The van der Waals surface area contributed by atoms with Crippen molar-refractivity contribution in [2.24, 2.45) is 0 Å². The van der Waals surface area contributed by atoms with Gasteiger partial charge in [-0.1, -0.05) is 54.1 Å². The Kier molecular flexibility index (Phi) is 3.20. The van der Waals surface area contributed by atoms with Crippen LogP contribution in [0.25, 0.3) is 10.8 Å². The van der Waals surface area contributed by atoms with Crippen LogP contribution in [0.15, 0.2) is 60.9 Å². The van der Waals surface area contributed by atoms with Crippen LogP contribution in [-0.2, 0) is 5.60 Å². The van der Waals surface area contributed by atoms with Gasteiger partial charge in [0.2, 0.25) is 0 Å². The van der Waals surface area contributed by atoms with Gasteiger partial charge in [0.25, 0.3) is 0 Å². The molecular weight excluding hydrogens is 270 g/mol. The van der Waals surface area contributed by atoms with Crippen molar-refractivity contribution in [2.45, 2.75) is 12.5 Å². The maximum atomic E-state index is 11.0. The molecule has 1 N–H and O–H groups in total. The van der Waals surface area contributed by atoms with Crippen LogP contribution in [0.1, 0.15) is 18.1 Å². The van der Waals surface area contributed by atoms with Crippen LogP contribution in [0.2, 0.25) is 5.02 Å². The van der Waals surface area contributed by atoms with E-state index in [9.17, 15) is 5.11 Å². The van der Waals surface area contributed by atoms with E-state index in [0.717, 1.165) is 16.3 Å². The molecule has 1 heterocycles. The maximum Gasteiger partial charge on any atom is 0.115 e. The van der Waals surface area contributed by atoms with E-state index in [1.54, 1.807) is 25.4 Å². The number of benzene rings is 2. The second kappa shape index (κ2) is 4.89. The summed E-state index contributed by atoms with van der Waals surface area (Å²) in [4.78, 5) is 4.23. The molecule has 0 amide bonds. The van der Waals surface area contributed by atoms with E-state index in [1.807, 2.05) is 42.5 Å². The quantitative estimate of drug-likeness (QED) is 0.766. The van der Waals surface area contributed by atoms with Crippen molar-refractivity contribution in [1.29, 1.82) is 0 Å². The number of rotatable bonds is 2. The standard InChI is InChI=1S/C17H14ClNO/c1-17(20,14-8-4-5-9-16(14)18)15-11-19-10-12-6-2-3-7-13(12)15/h2-11,20H,1H3. The number of hydrogen-bond donors (Lipinski definition) is 1. The van der Waals surface area contributed by atoms with Gasteiger partial charge in [-0.15, -0.1) is 0 Å². The summed E-state index contributed by atoms with van der Waals surface area (Å²) in [6.07, 6.45) is 3.49. The van der Waals surface area contributed by atoms with Gasteiger partial charge in [-0.05, 0) is 18.4 Å². The van der Waals surface area contributed by atoms with E-state index in [2.05, 4.69) is 4.98 Å². The normalized spacial score (nSPS) is 14.2. The monoisotopic (exact) mass is 283 g/mol. The van der Waals surface area contributed by atoms with E-state index in [-0.39, 0.29) is 0 Å². The predicted octanol–water partition coefficient (Wildman–Crippen LogP) is 4.14. The predicted molar refractivity (Wildman–Crippen MR) is 81.9 cm³/mol. The molecule has 0 fully saturated rings. The molecule has 3 aromatic rings. The molecule has 2 aromatic carbocycles. The van der Waals surface area contributed by atoms with Crippen molar-refractivity contribution in [3.63, 3.8) is 0 Å². The summed E-state index contributed by atoms with van der Waals surface area (Å²) < 4.78 is 0. The topological polar surface area (TPSA) is 33.1 Å². The number of fused-ring (bicyclic) bond motifs is 1. The van der Waals surface area contributed by atoms with Gasteiger partial charge in [-0.25, -0.2) is 0 Å². The molecule has 0 saturated heterocycles. The van der Waals surface area contributed by atoms with Crippen molar-refractivity contribution < 1.29 is 5.11 Å². The van der Waals surface area contributed by atoms with E-state index in [0.29, 0.717) is 10.6 Å². The van der Waals surface area contributed by atoms with E-state index in [1.165, 1.54) is 0 Å². The third-order valence-electron chi connectivity index (χ3n) is 3.59. The summed E-state index contributed by atoms with van der Waals surface area (Å²) in [5.74, 6) is 0. The minimum absolute atomic E-state index is 0.547. The second-order valence-electron chi connectivity index (χ2n) is 4.96. The van der Waals surface area contributed by atoms with Crippen molar-refractivity contribution in [3.8, 4) is 0 Å². The smallest absolute Gasteiger partial charge is 0.115 e. The molecule has 3 rings (SSSR count). The number of aliphatic hydroxyl groups is 1. The summed E-state index contributed by atoms with van der Waals surface area (Å²) in [6.45, 7) is 1.75. The first-order valence-electron chi connectivity index (χ1n) is 6.41. The lowest BCUT2D eigenvalue weighted by Gasteiger charge is -2.26. The molecule has 1 aromatic heterocycles. The number of hydrogen-bond acceptors (Lipinski definition) is 2. The molecule has 2 nitrogen and oxygen atoms in total. The molecule has 0 radical (unpaired) electrons. The molecule has 0 aliphatic rings. The zero-order valence-electron chi connectivity index (χ0n) is 11.0. The number of aromatic nitrogens is 1.